The maximum atomic E-state index is 12.7. The average Bonchev–Trinajstić information content (AvgIpc) is 2.67. The number of nitrogens with two attached hydrogens (primary N) is 1. The van der Waals surface area contributed by atoms with Crippen LogP contribution in [0, 0.1) is 0 Å². The molecule has 0 heterocycles. The fraction of sp³-hybridized carbons (Fsp3) is 0.118. The third-order valence-electron chi connectivity index (χ3n) is 3.63. The zero-order chi connectivity index (χ0) is 22.5. The molecule has 0 spiro atoms. The van der Waals surface area contributed by atoms with Gasteiger partial charge in [-0.3, -0.25) is 25.2 Å². The van der Waals surface area contributed by atoms with Gasteiger partial charge in [0.2, 0.25) is 0 Å². The summed E-state index contributed by atoms with van der Waals surface area (Å²) < 4.78 is 27.6. The van der Waals surface area contributed by atoms with Crippen molar-refractivity contribution < 1.29 is 22.8 Å². The van der Waals surface area contributed by atoms with Crippen LogP contribution in [0.2, 0.25) is 10.0 Å². The Morgan fingerprint density at radius 2 is 1.63 bits per heavy atom. The second-order valence-corrected chi connectivity index (χ2v) is 8.43. The zero-order valence-corrected chi connectivity index (χ0v) is 17.7. The van der Waals surface area contributed by atoms with Crippen LogP contribution in [0.1, 0.15) is 17.3 Å². The topological polar surface area (TPSA) is 159 Å². The first-order valence-corrected chi connectivity index (χ1v) is 10.5. The summed E-state index contributed by atoms with van der Waals surface area (Å²) in [4.78, 5) is 34.5. The Morgan fingerprint density at radius 1 is 1.00 bits per heavy atom. The van der Waals surface area contributed by atoms with E-state index < -0.39 is 33.9 Å². The minimum Gasteiger partial charge on any atom is -0.352 e. The number of nitrogens with one attached hydrogen (secondary N) is 4. The van der Waals surface area contributed by atoms with Crippen LogP contribution in [0.4, 0.5) is 10.5 Å². The Bertz CT molecular complexity index is 1080. The number of carbonyl (C=O) groups is 3. The summed E-state index contributed by atoms with van der Waals surface area (Å²) in [7, 11) is -4.12. The molecule has 0 aliphatic heterocycles. The molecule has 160 valence electrons. The van der Waals surface area contributed by atoms with Gasteiger partial charge in [0.1, 0.15) is 10.9 Å². The lowest BCUT2D eigenvalue weighted by molar-refractivity contribution is -0.123. The lowest BCUT2D eigenvalue weighted by Crippen LogP contribution is -2.52. The van der Waals surface area contributed by atoms with E-state index >= 15 is 0 Å². The Hall–Kier alpha value is -3.02. The number of anilines is 1. The molecule has 0 aliphatic rings. The fourth-order valence-corrected chi connectivity index (χ4v) is 3.87. The number of hydrazine groups is 1. The normalized spacial score (nSPS) is 11.8. The minimum absolute atomic E-state index is 0.0910. The van der Waals surface area contributed by atoms with Crippen molar-refractivity contribution in [1.82, 2.24) is 16.2 Å². The molecule has 0 fully saturated rings. The molecule has 10 nitrogen and oxygen atoms in total. The molecule has 13 heteroatoms. The van der Waals surface area contributed by atoms with E-state index in [0.717, 1.165) is 6.07 Å². The van der Waals surface area contributed by atoms with Crippen LogP contribution in [0.3, 0.4) is 0 Å². The number of hydrogen-bond donors (Lipinski definition) is 5. The molecule has 30 heavy (non-hydrogen) atoms. The van der Waals surface area contributed by atoms with E-state index in [1.807, 2.05) is 0 Å². The summed E-state index contributed by atoms with van der Waals surface area (Å²) in [5, 5.41) is 2.44. The predicted octanol–water partition coefficient (Wildman–Crippen LogP) is 1.61. The van der Waals surface area contributed by atoms with Gasteiger partial charge in [-0.2, -0.15) is 0 Å². The highest BCUT2D eigenvalue weighted by atomic mass is 35.5. The summed E-state index contributed by atoms with van der Waals surface area (Å²) in [6, 6.07) is 7.55. The lowest BCUT2D eigenvalue weighted by Gasteiger charge is -2.14. The van der Waals surface area contributed by atoms with Gasteiger partial charge in [-0.05, 0) is 49.4 Å². The minimum atomic E-state index is -4.12. The van der Waals surface area contributed by atoms with Gasteiger partial charge in [0.15, 0.2) is 0 Å². The second-order valence-electron chi connectivity index (χ2n) is 5.93. The molecular weight excluding hydrogens is 457 g/mol. The Morgan fingerprint density at radius 3 is 2.23 bits per heavy atom. The molecule has 0 aliphatic carbocycles. The second kappa shape index (κ2) is 9.65. The van der Waals surface area contributed by atoms with E-state index in [-0.39, 0.29) is 21.2 Å². The van der Waals surface area contributed by atoms with E-state index in [1.54, 1.807) is 0 Å². The number of benzene rings is 2. The predicted molar refractivity (Wildman–Crippen MR) is 112 cm³/mol. The van der Waals surface area contributed by atoms with E-state index in [4.69, 9.17) is 28.9 Å². The Labute approximate surface area is 182 Å². The van der Waals surface area contributed by atoms with Gasteiger partial charge in [-0.1, -0.05) is 23.2 Å². The maximum absolute atomic E-state index is 12.7. The summed E-state index contributed by atoms with van der Waals surface area (Å²) in [6.07, 6.45) is 0. The molecule has 2 rings (SSSR count). The monoisotopic (exact) mass is 473 g/mol. The zero-order valence-electron chi connectivity index (χ0n) is 15.4. The van der Waals surface area contributed by atoms with Crippen molar-refractivity contribution in [1.29, 1.82) is 0 Å². The van der Waals surface area contributed by atoms with Crippen molar-refractivity contribution in [2.75, 3.05) is 4.72 Å². The Balaban J connectivity index is 2.15. The molecule has 6 N–H and O–H groups in total. The van der Waals surface area contributed by atoms with Crippen LogP contribution in [0.25, 0.3) is 0 Å². The molecule has 0 radical (unpaired) electrons. The molecule has 0 bridgehead atoms. The molecule has 2 aromatic rings. The number of amides is 4. The van der Waals surface area contributed by atoms with Crippen LogP contribution >= 0.6 is 23.2 Å². The third-order valence-corrected chi connectivity index (χ3v) is 5.75. The number of carbonyl (C=O) groups excluding carboxylic acids is 3. The van der Waals surface area contributed by atoms with Crippen LogP contribution in [-0.4, -0.2) is 32.3 Å². The van der Waals surface area contributed by atoms with E-state index in [0.29, 0.717) is 5.02 Å². The molecule has 0 aromatic heterocycles. The van der Waals surface area contributed by atoms with Gasteiger partial charge in [0, 0.05) is 16.3 Å². The molecular formula is C17H17Cl2N5O5S. The highest BCUT2D eigenvalue weighted by molar-refractivity contribution is 7.92. The van der Waals surface area contributed by atoms with Crippen LogP contribution in [0.5, 0.6) is 0 Å². The molecule has 0 unspecified atom stereocenters. The van der Waals surface area contributed by atoms with E-state index in [1.165, 1.54) is 43.3 Å². The molecule has 0 saturated heterocycles. The van der Waals surface area contributed by atoms with Crippen molar-refractivity contribution in [3.8, 4) is 0 Å². The first kappa shape index (κ1) is 23.3. The summed E-state index contributed by atoms with van der Waals surface area (Å²) in [5.74, 6) is -1.55. The average molecular weight is 474 g/mol. The van der Waals surface area contributed by atoms with Crippen molar-refractivity contribution in [2.24, 2.45) is 5.73 Å². The van der Waals surface area contributed by atoms with Crippen LogP contribution in [0.15, 0.2) is 47.4 Å². The van der Waals surface area contributed by atoms with Crippen LogP contribution in [-0.2, 0) is 14.8 Å². The molecule has 4 amide bonds. The van der Waals surface area contributed by atoms with E-state index in [2.05, 4.69) is 20.9 Å². The quantitative estimate of drug-likeness (QED) is 0.402. The summed E-state index contributed by atoms with van der Waals surface area (Å²) in [6.45, 7) is 1.35. The molecule has 0 saturated carbocycles. The van der Waals surface area contributed by atoms with Crippen molar-refractivity contribution in [3.05, 3.63) is 58.1 Å². The van der Waals surface area contributed by atoms with Gasteiger partial charge in [0.05, 0.1) is 5.02 Å². The van der Waals surface area contributed by atoms with Crippen molar-refractivity contribution in [2.45, 2.75) is 17.9 Å². The van der Waals surface area contributed by atoms with Gasteiger partial charge in [-0.15, -0.1) is 0 Å². The van der Waals surface area contributed by atoms with Crippen molar-refractivity contribution in [3.63, 3.8) is 0 Å². The summed E-state index contributed by atoms with van der Waals surface area (Å²) >= 11 is 11.8. The lowest BCUT2D eigenvalue weighted by atomic mass is 10.2. The van der Waals surface area contributed by atoms with Gasteiger partial charge in [-0.25, -0.2) is 13.2 Å². The number of rotatable bonds is 6. The number of sulfonamides is 1. The van der Waals surface area contributed by atoms with Gasteiger partial charge >= 0.3 is 6.03 Å². The van der Waals surface area contributed by atoms with Crippen LogP contribution < -0.4 is 26.6 Å². The van der Waals surface area contributed by atoms with Gasteiger partial charge in [0.25, 0.3) is 21.8 Å². The first-order valence-electron chi connectivity index (χ1n) is 8.23. The standard InChI is InChI=1S/C17H17Cl2N5O5S/c1-9(21-17(20)27)15(25)22-23-16(26)10-2-7-13(19)14(8-10)30(28,29)24-12-5-3-11(18)4-6-12/h2-9,24H,1H3,(H,22,25)(H,23,26)(H3,20,21,27)/t9-/m0/s1. The highest BCUT2D eigenvalue weighted by Gasteiger charge is 2.21. The maximum Gasteiger partial charge on any atom is 0.312 e. The molecule has 2 aromatic carbocycles. The highest BCUT2D eigenvalue weighted by Crippen LogP contribution is 2.25. The summed E-state index contributed by atoms with van der Waals surface area (Å²) in [5.41, 5.74) is 9.25. The Kier molecular flexibility index (Phi) is 7.48. The number of urea groups is 1. The number of hydrogen-bond acceptors (Lipinski definition) is 5. The first-order chi connectivity index (χ1) is 14.0. The smallest absolute Gasteiger partial charge is 0.312 e. The fourth-order valence-electron chi connectivity index (χ4n) is 2.16. The molecule has 1 atom stereocenters. The van der Waals surface area contributed by atoms with Crippen molar-refractivity contribution >= 4 is 56.8 Å². The van der Waals surface area contributed by atoms with E-state index in [9.17, 15) is 22.8 Å². The largest absolute Gasteiger partial charge is 0.352 e. The third kappa shape index (κ3) is 6.24. The SMILES string of the molecule is C[C@H](NC(N)=O)C(=O)NNC(=O)c1ccc(Cl)c(S(=O)(=O)Nc2ccc(Cl)cc2)c1. The van der Waals surface area contributed by atoms with Gasteiger partial charge < -0.3 is 11.1 Å². The number of primary amides is 1. The number of halogens is 2.